The molecule has 6 heteroatoms. The highest BCUT2D eigenvalue weighted by Crippen LogP contribution is 2.22. The van der Waals surface area contributed by atoms with Crippen molar-refractivity contribution in [1.82, 2.24) is 10.3 Å². The Hall–Kier alpha value is -3.51. The van der Waals surface area contributed by atoms with Gasteiger partial charge in [-0.05, 0) is 47.7 Å². The van der Waals surface area contributed by atoms with E-state index in [4.69, 9.17) is 4.74 Å². The fraction of sp³-hybridized carbons (Fsp3) is 0.269. The van der Waals surface area contributed by atoms with Gasteiger partial charge in [-0.15, -0.1) is 0 Å². The van der Waals surface area contributed by atoms with Gasteiger partial charge < -0.3 is 15.4 Å². The molecular weight excluding hydrogens is 402 g/mol. The number of benzene rings is 2. The number of amides is 2. The maximum Gasteiger partial charge on any atom is 0.246 e. The van der Waals surface area contributed by atoms with Gasteiger partial charge in [0, 0.05) is 31.0 Å². The number of anilines is 1. The summed E-state index contributed by atoms with van der Waals surface area (Å²) in [5.41, 5.74) is 3.93. The number of nitrogens with zero attached hydrogens (tertiary/aromatic N) is 1. The van der Waals surface area contributed by atoms with E-state index < -0.39 is 0 Å². The molecule has 1 heterocycles. The van der Waals surface area contributed by atoms with Gasteiger partial charge in [-0.2, -0.15) is 0 Å². The van der Waals surface area contributed by atoms with E-state index in [0.29, 0.717) is 19.6 Å². The second-order valence-corrected chi connectivity index (χ2v) is 7.51. The van der Waals surface area contributed by atoms with E-state index >= 15 is 0 Å². The third-order valence-corrected chi connectivity index (χ3v) is 4.88. The van der Waals surface area contributed by atoms with Crippen molar-refractivity contribution in [2.75, 3.05) is 18.5 Å². The van der Waals surface area contributed by atoms with E-state index in [2.05, 4.69) is 15.6 Å². The van der Waals surface area contributed by atoms with Crippen LogP contribution >= 0.6 is 0 Å². The fourth-order valence-corrected chi connectivity index (χ4v) is 3.24. The molecule has 166 valence electrons. The maximum atomic E-state index is 12.2. The number of rotatable bonds is 12. The van der Waals surface area contributed by atoms with Crippen molar-refractivity contribution in [1.29, 1.82) is 0 Å². The van der Waals surface area contributed by atoms with Gasteiger partial charge in [-0.1, -0.05) is 55.0 Å². The van der Waals surface area contributed by atoms with Crippen LogP contribution in [-0.2, 0) is 20.9 Å². The van der Waals surface area contributed by atoms with Crippen LogP contribution in [0.3, 0.4) is 0 Å². The molecule has 0 fully saturated rings. The van der Waals surface area contributed by atoms with E-state index in [1.807, 2.05) is 66.7 Å². The summed E-state index contributed by atoms with van der Waals surface area (Å²) < 4.78 is 5.38. The Labute approximate surface area is 189 Å². The summed E-state index contributed by atoms with van der Waals surface area (Å²) in [5, 5.41) is 5.81. The molecule has 0 bridgehead atoms. The molecule has 0 aliphatic heterocycles. The van der Waals surface area contributed by atoms with Crippen LogP contribution in [0, 0.1) is 0 Å². The Kier molecular flexibility index (Phi) is 9.42. The minimum Gasteiger partial charge on any atom is -0.367 e. The Morgan fingerprint density at radius 3 is 2.50 bits per heavy atom. The summed E-state index contributed by atoms with van der Waals surface area (Å²) >= 11 is 0. The SMILES string of the molecule is O=C(COCc1cccnc1)NCCCCCC(=O)Nc1cccc(-c2ccccc2)c1. The molecule has 0 spiro atoms. The molecule has 0 saturated heterocycles. The third kappa shape index (κ3) is 8.32. The predicted molar refractivity (Wildman–Crippen MR) is 126 cm³/mol. The highest BCUT2D eigenvalue weighted by molar-refractivity contribution is 5.91. The van der Waals surface area contributed by atoms with Crippen LogP contribution in [0.1, 0.15) is 31.2 Å². The van der Waals surface area contributed by atoms with Crippen molar-refractivity contribution in [3.8, 4) is 11.1 Å². The molecule has 0 saturated carbocycles. The molecule has 3 rings (SSSR count). The van der Waals surface area contributed by atoms with Crippen molar-refractivity contribution < 1.29 is 14.3 Å². The van der Waals surface area contributed by atoms with Crippen LogP contribution in [-0.4, -0.2) is 29.9 Å². The van der Waals surface area contributed by atoms with Crippen molar-refractivity contribution in [3.05, 3.63) is 84.7 Å². The van der Waals surface area contributed by atoms with E-state index in [0.717, 1.165) is 41.6 Å². The smallest absolute Gasteiger partial charge is 0.246 e. The van der Waals surface area contributed by atoms with E-state index in [1.54, 1.807) is 12.4 Å². The number of aromatic nitrogens is 1. The van der Waals surface area contributed by atoms with Gasteiger partial charge in [-0.25, -0.2) is 0 Å². The normalized spacial score (nSPS) is 10.5. The van der Waals surface area contributed by atoms with Gasteiger partial charge in [0.1, 0.15) is 6.61 Å². The molecule has 0 atom stereocenters. The summed E-state index contributed by atoms with van der Waals surface area (Å²) in [6, 6.07) is 21.7. The molecule has 2 N–H and O–H groups in total. The average molecular weight is 432 g/mol. The zero-order valence-electron chi connectivity index (χ0n) is 18.1. The second-order valence-electron chi connectivity index (χ2n) is 7.51. The average Bonchev–Trinajstić information content (AvgIpc) is 2.83. The lowest BCUT2D eigenvalue weighted by molar-refractivity contribution is -0.126. The Balaban J connectivity index is 1.25. The topological polar surface area (TPSA) is 80.3 Å². The molecule has 0 unspecified atom stereocenters. The Bertz CT molecular complexity index is 978. The first-order chi connectivity index (χ1) is 15.7. The number of ether oxygens (including phenoxy) is 1. The van der Waals surface area contributed by atoms with Crippen LogP contribution in [0.25, 0.3) is 11.1 Å². The van der Waals surface area contributed by atoms with E-state index in [1.165, 1.54) is 0 Å². The zero-order chi connectivity index (χ0) is 22.4. The molecule has 1 aromatic heterocycles. The lowest BCUT2D eigenvalue weighted by atomic mass is 10.1. The third-order valence-electron chi connectivity index (χ3n) is 4.88. The van der Waals surface area contributed by atoms with Crippen molar-refractivity contribution in [2.45, 2.75) is 32.3 Å². The van der Waals surface area contributed by atoms with Gasteiger partial charge in [0.05, 0.1) is 6.61 Å². The molecule has 2 amide bonds. The first-order valence-electron chi connectivity index (χ1n) is 10.9. The number of nitrogens with one attached hydrogen (secondary N) is 2. The van der Waals surface area contributed by atoms with Gasteiger partial charge in [0.25, 0.3) is 0 Å². The summed E-state index contributed by atoms with van der Waals surface area (Å²) in [5.74, 6) is -0.131. The van der Waals surface area contributed by atoms with Crippen molar-refractivity contribution in [3.63, 3.8) is 0 Å². The van der Waals surface area contributed by atoms with Crippen LogP contribution in [0.15, 0.2) is 79.1 Å². The molecule has 0 radical (unpaired) electrons. The number of pyridine rings is 1. The fourth-order valence-electron chi connectivity index (χ4n) is 3.24. The van der Waals surface area contributed by atoms with Gasteiger partial charge in [0.15, 0.2) is 0 Å². The van der Waals surface area contributed by atoms with Crippen LogP contribution in [0.2, 0.25) is 0 Å². The van der Waals surface area contributed by atoms with Gasteiger partial charge in [-0.3, -0.25) is 14.6 Å². The van der Waals surface area contributed by atoms with Gasteiger partial charge in [0.2, 0.25) is 11.8 Å². The molecule has 3 aromatic rings. The molecule has 0 aliphatic carbocycles. The number of carbonyl (C=O) groups excluding carboxylic acids is 2. The second kappa shape index (κ2) is 13.0. The number of hydrogen-bond acceptors (Lipinski definition) is 4. The standard InChI is InChI=1S/C26H29N3O3/c30-25(29-24-13-7-12-23(17-24)22-10-3-1-4-11-22)14-5-2-6-16-28-26(31)20-32-19-21-9-8-15-27-18-21/h1,3-4,7-13,15,17-18H,2,5-6,14,16,19-20H2,(H,28,31)(H,29,30). The molecule has 6 nitrogen and oxygen atoms in total. The summed E-state index contributed by atoms with van der Waals surface area (Å²) in [7, 11) is 0. The monoisotopic (exact) mass is 431 g/mol. The highest BCUT2D eigenvalue weighted by Gasteiger charge is 2.05. The lowest BCUT2D eigenvalue weighted by Crippen LogP contribution is -2.28. The Morgan fingerprint density at radius 2 is 1.69 bits per heavy atom. The summed E-state index contributed by atoms with van der Waals surface area (Å²) in [4.78, 5) is 28.0. The molecule has 2 aromatic carbocycles. The molecule has 32 heavy (non-hydrogen) atoms. The van der Waals surface area contributed by atoms with Crippen molar-refractivity contribution >= 4 is 17.5 Å². The minimum absolute atomic E-state index is 0.00282. The largest absolute Gasteiger partial charge is 0.367 e. The van der Waals surface area contributed by atoms with E-state index in [-0.39, 0.29) is 18.4 Å². The van der Waals surface area contributed by atoms with Gasteiger partial charge >= 0.3 is 0 Å². The minimum atomic E-state index is -0.134. The van der Waals surface area contributed by atoms with E-state index in [9.17, 15) is 9.59 Å². The Morgan fingerprint density at radius 1 is 0.844 bits per heavy atom. The molecular formula is C26H29N3O3. The maximum absolute atomic E-state index is 12.2. The first-order valence-corrected chi connectivity index (χ1v) is 10.9. The van der Waals surface area contributed by atoms with Crippen LogP contribution in [0.4, 0.5) is 5.69 Å². The predicted octanol–water partition coefficient (Wildman–Crippen LogP) is 4.58. The van der Waals surface area contributed by atoms with Crippen LogP contribution in [0.5, 0.6) is 0 Å². The lowest BCUT2D eigenvalue weighted by Gasteiger charge is -2.08. The highest BCUT2D eigenvalue weighted by atomic mass is 16.5. The summed E-state index contributed by atoms with van der Waals surface area (Å²) in [6.07, 6.45) is 6.34. The van der Waals surface area contributed by atoms with Crippen LogP contribution < -0.4 is 10.6 Å². The number of unbranched alkanes of at least 4 members (excludes halogenated alkanes) is 2. The zero-order valence-corrected chi connectivity index (χ0v) is 18.1. The first kappa shape index (κ1) is 23.2. The summed E-state index contributed by atoms with van der Waals surface area (Å²) in [6.45, 7) is 0.972. The number of carbonyl (C=O) groups is 2. The number of hydrogen-bond donors (Lipinski definition) is 2. The molecule has 0 aliphatic rings. The quantitative estimate of drug-likeness (QED) is 0.411. The van der Waals surface area contributed by atoms with Crippen molar-refractivity contribution in [2.24, 2.45) is 0 Å².